The average molecular weight is 481 g/mol. The van der Waals surface area contributed by atoms with Crippen LogP contribution in [0.4, 0.5) is 18.9 Å². The van der Waals surface area contributed by atoms with Crippen LogP contribution >= 0.6 is 0 Å². The van der Waals surface area contributed by atoms with E-state index in [1.807, 2.05) is 24.3 Å². The summed E-state index contributed by atoms with van der Waals surface area (Å²) in [5.74, 6) is 1.42. The molecule has 2 aromatic heterocycles. The smallest absolute Gasteiger partial charge is 0.390 e. The van der Waals surface area contributed by atoms with Crippen molar-refractivity contribution in [2.75, 3.05) is 19.0 Å². The molecule has 0 radical (unpaired) electrons. The molecule has 5 nitrogen and oxygen atoms in total. The van der Waals surface area contributed by atoms with E-state index in [-0.39, 0.29) is 6.54 Å². The SMILES string of the molecule is COc1ccc(Cc2cc(NCCC(F)(F)F)c3ncc(-c4ccc(C5CC5)c(C)c4)n3n2)cc1. The van der Waals surface area contributed by atoms with E-state index >= 15 is 0 Å². The van der Waals surface area contributed by atoms with Crippen molar-refractivity contribution in [2.45, 2.75) is 44.7 Å². The Morgan fingerprint density at radius 3 is 2.51 bits per heavy atom. The van der Waals surface area contributed by atoms with Crippen LogP contribution in [0.2, 0.25) is 0 Å². The number of halogens is 3. The minimum Gasteiger partial charge on any atom is -0.497 e. The van der Waals surface area contributed by atoms with Crippen LogP contribution in [0.25, 0.3) is 16.9 Å². The number of benzene rings is 2. The lowest BCUT2D eigenvalue weighted by Crippen LogP contribution is -2.15. The molecule has 0 atom stereocenters. The predicted octanol–water partition coefficient (Wildman–Crippen LogP) is 6.55. The summed E-state index contributed by atoms with van der Waals surface area (Å²) in [5.41, 5.74) is 7.18. The van der Waals surface area contributed by atoms with Crippen LogP contribution in [0.15, 0.2) is 54.7 Å². The highest BCUT2D eigenvalue weighted by Crippen LogP contribution is 2.42. The summed E-state index contributed by atoms with van der Waals surface area (Å²) in [6.45, 7) is 1.88. The van der Waals surface area contributed by atoms with Crippen molar-refractivity contribution in [3.63, 3.8) is 0 Å². The molecule has 35 heavy (non-hydrogen) atoms. The van der Waals surface area contributed by atoms with Gasteiger partial charge in [-0.15, -0.1) is 0 Å². The normalized spacial score (nSPS) is 13.9. The largest absolute Gasteiger partial charge is 0.497 e. The van der Waals surface area contributed by atoms with Gasteiger partial charge in [0.15, 0.2) is 5.65 Å². The second-order valence-electron chi connectivity index (χ2n) is 9.09. The van der Waals surface area contributed by atoms with E-state index < -0.39 is 12.6 Å². The molecule has 0 unspecified atom stereocenters. The number of alkyl halides is 3. The van der Waals surface area contributed by atoms with E-state index in [2.05, 4.69) is 35.4 Å². The highest BCUT2D eigenvalue weighted by atomic mass is 19.4. The molecule has 5 rings (SSSR count). The number of rotatable bonds is 8. The van der Waals surface area contributed by atoms with E-state index in [0.717, 1.165) is 28.3 Å². The van der Waals surface area contributed by atoms with Crippen LogP contribution in [0.3, 0.4) is 0 Å². The molecule has 1 fully saturated rings. The minimum absolute atomic E-state index is 0.234. The van der Waals surface area contributed by atoms with Gasteiger partial charge in [0.1, 0.15) is 5.75 Å². The monoisotopic (exact) mass is 480 g/mol. The third kappa shape index (κ3) is 5.26. The third-order valence-corrected chi connectivity index (χ3v) is 6.37. The zero-order valence-corrected chi connectivity index (χ0v) is 19.7. The molecule has 182 valence electrons. The number of nitrogens with zero attached hydrogens (tertiary/aromatic N) is 3. The third-order valence-electron chi connectivity index (χ3n) is 6.37. The fourth-order valence-corrected chi connectivity index (χ4v) is 4.41. The Balaban J connectivity index is 1.52. The molecule has 1 N–H and O–H groups in total. The van der Waals surface area contributed by atoms with E-state index in [4.69, 9.17) is 9.84 Å². The fraction of sp³-hybridized carbons (Fsp3) is 0.333. The van der Waals surface area contributed by atoms with Crippen molar-refractivity contribution < 1.29 is 17.9 Å². The number of aromatic nitrogens is 3. The van der Waals surface area contributed by atoms with Crippen LogP contribution in [0.1, 0.15) is 47.6 Å². The molecule has 0 spiro atoms. The number of nitrogens with one attached hydrogen (secondary N) is 1. The van der Waals surface area contributed by atoms with Gasteiger partial charge in [-0.3, -0.25) is 0 Å². The minimum atomic E-state index is -4.23. The van der Waals surface area contributed by atoms with E-state index in [1.165, 1.54) is 24.0 Å². The van der Waals surface area contributed by atoms with Gasteiger partial charge in [0.25, 0.3) is 0 Å². The lowest BCUT2D eigenvalue weighted by atomic mass is 10.0. The Hall–Kier alpha value is -3.55. The van der Waals surface area contributed by atoms with Gasteiger partial charge in [-0.25, -0.2) is 9.50 Å². The van der Waals surface area contributed by atoms with Gasteiger partial charge < -0.3 is 10.1 Å². The van der Waals surface area contributed by atoms with Crippen molar-refractivity contribution in [1.82, 2.24) is 14.6 Å². The maximum Gasteiger partial charge on any atom is 0.390 e. The van der Waals surface area contributed by atoms with E-state index in [0.29, 0.717) is 23.7 Å². The lowest BCUT2D eigenvalue weighted by molar-refractivity contribution is -0.131. The number of fused-ring (bicyclic) bond motifs is 1. The first-order valence-corrected chi connectivity index (χ1v) is 11.7. The number of ether oxygens (including phenoxy) is 1. The van der Waals surface area contributed by atoms with E-state index in [9.17, 15) is 13.2 Å². The second-order valence-corrected chi connectivity index (χ2v) is 9.09. The van der Waals surface area contributed by atoms with Gasteiger partial charge in [-0.2, -0.15) is 18.3 Å². The Labute approximate surface area is 202 Å². The van der Waals surface area contributed by atoms with Gasteiger partial charge in [-0.1, -0.05) is 24.3 Å². The quantitative estimate of drug-likeness (QED) is 0.311. The Morgan fingerprint density at radius 2 is 1.86 bits per heavy atom. The number of hydrogen-bond acceptors (Lipinski definition) is 4. The summed E-state index contributed by atoms with van der Waals surface area (Å²) < 4.78 is 45.3. The van der Waals surface area contributed by atoms with Gasteiger partial charge in [0.2, 0.25) is 0 Å². The molecule has 0 bridgehead atoms. The molecule has 0 saturated heterocycles. The molecule has 1 aliphatic carbocycles. The predicted molar refractivity (Wildman–Crippen MR) is 130 cm³/mol. The summed E-state index contributed by atoms with van der Waals surface area (Å²) in [6.07, 6.45) is -0.433. The number of anilines is 1. The summed E-state index contributed by atoms with van der Waals surface area (Å²) in [7, 11) is 1.61. The summed E-state index contributed by atoms with van der Waals surface area (Å²) >= 11 is 0. The molecule has 2 aromatic carbocycles. The number of hydrogen-bond donors (Lipinski definition) is 1. The molecule has 1 saturated carbocycles. The standard InChI is InChI=1S/C27H27F3N4O/c1-17-13-20(7-10-23(17)19-5-6-19)25-16-32-26-24(31-12-11-27(28,29)30)15-21(33-34(25)26)14-18-3-8-22(35-2)9-4-18/h3-4,7-10,13,15-16,19,31H,5-6,11-12,14H2,1-2H3. The maximum atomic E-state index is 12.8. The van der Waals surface area contributed by atoms with Gasteiger partial charge in [0, 0.05) is 18.5 Å². The van der Waals surface area contributed by atoms with Crippen LogP contribution in [-0.4, -0.2) is 34.4 Å². The van der Waals surface area contributed by atoms with Gasteiger partial charge in [0.05, 0.1) is 36.8 Å². The molecular weight excluding hydrogens is 453 g/mol. The van der Waals surface area contributed by atoms with Crippen LogP contribution in [-0.2, 0) is 6.42 Å². The van der Waals surface area contributed by atoms with Crippen molar-refractivity contribution in [1.29, 1.82) is 0 Å². The molecule has 0 amide bonds. The number of aryl methyl sites for hydroxylation is 1. The van der Waals surface area contributed by atoms with Crippen molar-refractivity contribution in [2.24, 2.45) is 0 Å². The van der Waals surface area contributed by atoms with Crippen LogP contribution in [0.5, 0.6) is 5.75 Å². The van der Waals surface area contributed by atoms with Gasteiger partial charge in [-0.05, 0) is 66.6 Å². The first-order valence-electron chi connectivity index (χ1n) is 11.7. The fourth-order valence-electron chi connectivity index (χ4n) is 4.41. The summed E-state index contributed by atoms with van der Waals surface area (Å²) in [4.78, 5) is 4.52. The molecule has 8 heteroatoms. The number of imidazole rings is 1. The molecule has 0 aliphatic heterocycles. The highest BCUT2D eigenvalue weighted by Gasteiger charge is 2.27. The van der Waals surface area contributed by atoms with Crippen LogP contribution in [0, 0.1) is 6.92 Å². The van der Waals surface area contributed by atoms with Crippen molar-refractivity contribution in [3.8, 4) is 17.0 Å². The summed E-state index contributed by atoms with van der Waals surface area (Å²) in [6, 6.07) is 15.9. The lowest BCUT2D eigenvalue weighted by Gasteiger charge is -2.13. The summed E-state index contributed by atoms with van der Waals surface area (Å²) in [5, 5.41) is 7.76. The highest BCUT2D eigenvalue weighted by molar-refractivity contribution is 5.73. The molecule has 1 aliphatic rings. The maximum absolute atomic E-state index is 12.8. The van der Waals surface area contributed by atoms with E-state index in [1.54, 1.807) is 23.9 Å². The topological polar surface area (TPSA) is 51.5 Å². The van der Waals surface area contributed by atoms with Gasteiger partial charge >= 0.3 is 6.18 Å². The molecule has 4 aromatic rings. The van der Waals surface area contributed by atoms with Crippen molar-refractivity contribution in [3.05, 3.63) is 77.1 Å². The Bertz CT molecular complexity index is 1340. The molecular formula is C27H27F3N4O. The Morgan fingerprint density at radius 1 is 1.09 bits per heavy atom. The van der Waals surface area contributed by atoms with Crippen molar-refractivity contribution >= 4 is 11.3 Å². The first-order chi connectivity index (χ1) is 16.8. The second kappa shape index (κ2) is 9.24. The first kappa shape index (κ1) is 23.2. The Kier molecular flexibility index (Phi) is 6.13. The van der Waals surface area contributed by atoms with Crippen LogP contribution < -0.4 is 10.1 Å². The average Bonchev–Trinajstić information content (AvgIpc) is 3.57. The zero-order chi connectivity index (χ0) is 24.6. The zero-order valence-electron chi connectivity index (χ0n) is 19.7. The number of methoxy groups -OCH3 is 1. The molecule has 2 heterocycles.